The molecule has 2 aromatic carbocycles. The maximum absolute atomic E-state index is 4.64. The molecule has 0 atom stereocenters. The minimum atomic E-state index is 0.967. The second kappa shape index (κ2) is 7.25. The van der Waals surface area contributed by atoms with E-state index < -0.39 is 0 Å². The molecule has 0 fully saturated rings. The monoisotopic (exact) mass is 340 g/mol. The molecular weight excluding hydrogens is 316 g/mol. The Morgan fingerprint density at radius 3 is 2.12 bits per heavy atom. The molecule has 2 heteroatoms. The summed E-state index contributed by atoms with van der Waals surface area (Å²) in [6, 6.07) is 17.8. The van der Waals surface area contributed by atoms with Gasteiger partial charge in [-0.05, 0) is 60.6 Å². The Morgan fingerprint density at radius 1 is 0.654 bits per heavy atom. The average Bonchev–Trinajstić information content (AvgIpc) is 2.67. The second-order valence-electron chi connectivity index (χ2n) is 7.12. The highest BCUT2D eigenvalue weighted by Crippen LogP contribution is 2.24. The van der Waals surface area contributed by atoms with Gasteiger partial charge in [-0.2, -0.15) is 0 Å². The number of hydrogen-bond acceptors (Lipinski definition) is 2. The van der Waals surface area contributed by atoms with E-state index in [9.17, 15) is 0 Å². The summed E-state index contributed by atoms with van der Waals surface area (Å²) < 4.78 is 0. The van der Waals surface area contributed by atoms with E-state index in [1.54, 1.807) is 0 Å². The third kappa shape index (κ3) is 3.45. The van der Waals surface area contributed by atoms with E-state index in [0.717, 1.165) is 30.3 Å². The molecule has 0 bridgehead atoms. The van der Waals surface area contributed by atoms with E-state index in [1.807, 2.05) is 12.4 Å². The van der Waals surface area contributed by atoms with Crippen LogP contribution in [0.4, 0.5) is 0 Å². The van der Waals surface area contributed by atoms with E-state index in [0.29, 0.717) is 0 Å². The second-order valence-corrected chi connectivity index (χ2v) is 7.12. The van der Waals surface area contributed by atoms with Crippen LogP contribution in [0.1, 0.15) is 35.6 Å². The van der Waals surface area contributed by atoms with Gasteiger partial charge in [0.05, 0.1) is 17.2 Å². The van der Waals surface area contributed by atoms with Crippen LogP contribution in [-0.2, 0) is 19.3 Å². The van der Waals surface area contributed by atoms with Crippen LogP contribution >= 0.6 is 0 Å². The molecule has 0 radical (unpaired) electrons. The SMILES string of the molecule is CCCc1ccc(CCc2cnc3cnc4cc(C)ccc4c3c2)cc1. The Kier molecular flexibility index (Phi) is 4.66. The van der Waals surface area contributed by atoms with Gasteiger partial charge < -0.3 is 0 Å². The molecule has 2 aromatic heterocycles. The zero-order chi connectivity index (χ0) is 17.9. The number of pyridine rings is 2. The van der Waals surface area contributed by atoms with Gasteiger partial charge in [0.1, 0.15) is 0 Å². The van der Waals surface area contributed by atoms with Gasteiger partial charge in [-0.3, -0.25) is 9.97 Å². The van der Waals surface area contributed by atoms with Gasteiger partial charge in [-0.15, -0.1) is 0 Å². The predicted molar refractivity (Wildman–Crippen MR) is 110 cm³/mol. The molecule has 0 spiro atoms. The van der Waals surface area contributed by atoms with Crippen LogP contribution in [0, 0.1) is 6.92 Å². The first kappa shape index (κ1) is 16.7. The molecule has 2 nitrogen and oxygen atoms in total. The fourth-order valence-electron chi connectivity index (χ4n) is 3.53. The number of fused-ring (bicyclic) bond motifs is 3. The van der Waals surface area contributed by atoms with Gasteiger partial charge in [0.15, 0.2) is 0 Å². The summed E-state index contributed by atoms with van der Waals surface area (Å²) >= 11 is 0. The first-order valence-corrected chi connectivity index (χ1v) is 9.45. The molecular formula is C24H24N2. The van der Waals surface area contributed by atoms with Crippen molar-refractivity contribution < 1.29 is 0 Å². The van der Waals surface area contributed by atoms with Gasteiger partial charge in [0, 0.05) is 17.0 Å². The van der Waals surface area contributed by atoms with Crippen molar-refractivity contribution in [2.45, 2.75) is 39.5 Å². The predicted octanol–water partition coefficient (Wildman–Crippen LogP) is 5.83. The Balaban J connectivity index is 1.59. The lowest BCUT2D eigenvalue weighted by Gasteiger charge is -2.07. The standard InChI is InChI=1S/C24H24N2/c1-3-4-18-6-8-19(9-7-18)10-11-20-14-22-21-12-5-17(2)13-23(21)26-16-24(22)25-15-20/h5-9,12-16H,3-4,10-11H2,1-2H3. The molecule has 130 valence electrons. The Labute approximate surface area is 154 Å². The summed E-state index contributed by atoms with van der Waals surface area (Å²) in [6.07, 6.45) is 8.29. The summed E-state index contributed by atoms with van der Waals surface area (Å²) in [4.78, 5) is 9.20. The van der Waals surface area contributed by atoms with Crippen molar-refractivity contribution in [1.82, 2.24) is 9.97 Å². The molecule has 0 saturated heterocycles. The zero-order valence-electron chi connectivity index (χ0n) is 15.5. The van der Waals surface area contributed by atoms with Crippen molar-refractivity contribution in [2.24, 2.45) is 0 Å². The van der Waals surface area contributed by atoms with E-state index in [1.165, 1.54) is 39.4 Å². The Bertz CT molecular complexity index is 1050. The molecule has 0 aliphatic rings. The van der Waals surface area contributed by atoms with E-state index in [2.05, 4.69) is 72.3 Å². The summed E-state index contributed by atoms with van der Waals surface area (Å²) in [5, 5.41) is 2.39. The third-order valence-corrected chi connectivity index (χ3v) is 5.01. The average molecular weight is 340 g/mol. The molecule has 0 N–H and O–H groups in total. The maximum Gasteiger partial charge on any atom is 0.0891 e. The summed E-state index contributed by atoms with van der Waals surface area (Å²) in [7, 11) is 0. The maximum atomic E-state index is 4.64. The number of rotatable bonds is 5. The van der Waals surface area contributed by atoms with Crippen LogP contribution in [0.3, 0.4) is 0 Å². The molecule has 0 amide bonds. The van der Waals surface area contributed by atoms with Crippen molar-refractivity contribution >= 4 is 21.8 Å². The van der Waals surface area contributed by atoms with Crippen LogP contribution in [0.25, 0.3) is 21.8 Å². The minimum absolute atomic E-state index is 0.967. The molecule has 4 rings (SSSR count). The van der Waals surface area contributed by atoms with Crippen molar-refractivity contribution in [3.63, 3.8) is 0 Å². The van der Waals surface area contributed by atoms with Crippen molar-refractivity contribution in [3.8, 4) is 0 Å². The molecule has 4 aromatic rings. The smallest absolute Gasteiger partial charge is 0.0891 e. The Morgan fingerprint density at radius 2 is 1.35 bits per heavy atom. The highest BCUT2D eigenvalue weighted by atomic mass is 14.7. The van der Waals surface area contributed by atoms with Gasteiger partial charge >= 0.3 is 0 Å². The Hall–Kier alpha value is -2.74. The lowest BCUT2D eigenvalue weighted by Crippen LogP contribution is -1.94. The van der Waals surface area contributed by atoms with Gasteiger partial charge in [0.25, 0.3) is 0 Å². The van der Waals surface area contributed by atoms with E-state index in [-0.39, 0.29) is 0 Å². The quantitative estimate of drug-likeness (QED) is 0.427. The number of hydrogen-bond donors (Lipinski definition) is 0. The molecule has 0 aliphatic carbocycles. The van der Waals surface area contributed by atoms with Crippen molar-refractivity contribution in [2.75, 3.05) is 0 Å². The molecule has 26 heavy (non-hydrogen) atoms. The number of nitrogens with zero attached hydrogens (tertiary/aromatic N) is 2. The first-order chi connectivity index (χ1) is 12.7. The summed E-state index contributed by atoms with van der Waals surface area (Å²) in [5.74, 6) is 0. The lowest BCUT2D eigenvalue weighted by atomic mass is 10.0. The van der Waals surface area contributed by atoms with Crippen LogP contribution in [0.5, 0.6) is 0 Å². The molecule has 0 unspecified atom stereocenters. The van der Waals surface area contributed by atoms with Crippen LogP contribution in [0.2, 0.25) is 0 Å². The fourth-order valence-corrected chi connectivity index (χ4v) is 3.53. The zero-order valence-corrected chi connectivity index (χ0v) is 15.5. The molecule has 0 aliphatic heterocycles. The van der Waals surface area contributed by atoms with Gasteiger partial charge in [-0.25, -0.2) is 0 Å². The summed E-state index contributed by atoms with van der Waals surface area (Å²) in [6.45, 7) is 4.33. The van der Waals surface area contributed by atoms with Crippen LogP contribution < -0.4 is 0 Å². The highest BCUT2D eigenvalue weighted by molar-refractivity contribution is 6.04. The number of aromatic nitrogens is 2. The minimum Gasteiger partial charge on any atom is -0.254 e. The molecule has 0 saturated carbocycles. The largest absolute Gasteiger partial charge is 0.254 e. The normalized spacial score (nSPS) is 11.3. The highest BCUT2D eigenvalue weighted by Gasteiger charge is 2.05. The van der Waals surface area contributed by atoms with Crippen LogP contribution in [0.15, 0.2) is 60.9 Å². The van der Waals surface area contributed by atoms with Crippen LogP contribution in [-0.4, -0.2) is 9.97 Å². The number of benzene rings is 2. The first-order valence-electron chi connectivity index (χ1n) is 9.45. The van der Waals surface area contributed by atoms with E-state index >= 15 is 0 Å². The van der Waals surface area contributed by atoms with Gasteiger partial charge in [-0.1, -0.05) is 49.7 Å². The molecule has 2 heterocycles. The topological polar surface area (TPSA) is 25.8 Å². The van der Waals surface area contributed by atoms with E-state index in [4.69, 9.17) is 0 Å². The third-order valence-electron chi connectivity index (χ3n) is 5.01. The van der Waals surface area contributed by atoms with Crippen molar-refractivity contribution in [3.05, 3.63) is 83.2 Å². The lowest BCUT2D eigenvalue weighted by molar-refractivity contribution is 0.913. The van der Waals surface area contributed by atoms with Crippen molar-refractivity contribution in [1.29, 1.82) is 0 Å². The number of aryl methyl sites for hydroxylation is 4. The summed E-state index contributed by atoms with van der Waals surface area (Å²) in [5.41, 5.74) is 7.35. The fraction of sp³-hybridized carbons (Fsp3) is 0.250. The van der Waals surface area contributed by atoms with Gasteiger partial charge in [0.2, 0.25) is 0 Å².